The van der Waals surface area contributed by atoms with E-state index < -0.39 is 0 Å². The fraction of sp³-hybridized carbons (Fsp3) is 0.923. The van der Waals surface area contributed by atoms with Gasteiger partial charge in [-0.15, -0.1) is 0 Å². The van der Waals surface area contributed by atoms with Gasteiger partial charge in [0.2, 0.25) is 0 Å². The zero-order valence-corrected chi connectivity index (χ0v) is 10.9. The largest absolute Gasteiger partial charge is 0.301 e. The molecule has 0 aliphatic carbocycles. The van der Waals surface area contributed by atoms with Crippen LogP contribution in [-0.2, 0) is 0 Å². The average molecular weight is 223 g/mol. The molecule has 0 aromatic rings. The Morgan fingerprint density at radius 1 is 1.50 bits per heavy atom. The van der Waals surface area contributed by atoms with Gasteiger partial charge in [-0.3, -0.25) is 4.90 Å². The monoisotopic (exact) mass is 223 g/mol. The Labute approximate surface area is 99.8 Å². The third-order valence-electron chi connectivity index (χ3n) is 3.49. The second-order valence-electron chi connectivity index (χ2n) is 5.11. The van der Waals surface area contributed by atoms with Crippen molar-refractivity contribution in [2.24, 2.45) is 5.92 Å². The molecule has 92 valence electrons. The van der Waals surface area contributed by atoms with Crippen LogP contribution in [0.4, 0.5) is 0 Å². The van der Waals surface area contributed by atoms with Crippen LogP contribution in [0.15, 0.2) is 0 Å². The highest BCUT2D eigenvalue weighted by atomic mass is 15.2. The number of hydrogen-bond acceptors (Lipinski definition) is 3. The van der Waals surface area contributed by atoms with E-state index in [1.165, 1.54) is 12.8 Å². The maximum Gasteiger partial charge on any atom is 0.108 e. The summed E-state index contributed by atoms with van der Waals surface area (Å²) in [5, 5.41) is 12.4. The van der Waals surface area contributed by atoms with Crippen LogP contribution in [0.3, 0.4) is 0 Å². The van der Waals surface area contributed by atoms with Crippen molar-refractivity contribution < 1.29 is 0 Å². The van der Waals surface area contributed by atoms with Gasteiger partial charge in [-0.25, -0.2) is 0 Å². The van der Waals surface area contributed by atoms with Crippen LogP contribution in [0.5, 0.6) is 0 Å². The molecule has 3 nitrogen and oxygen atoms in total. The summed E-state index contributed by atoms with van der Waals surface area (Å²) in [5.74, 6) is 0.843. The van der Waals surface area contributed by atoms with E-state index in [4.69, 9.17) is 5.26 Å². The zero-order valence-electron chi connectivity index (χ0n) is 10.9. The standard InChI is InChI=1S/C13H25N3/c1-4-6-15-13(9-14)10-16-7-5-11(2)8-12(16)3/h11-13,15H,4-8,10H2,1-3H3. The van der Waals surface area contributed by atoms with Crippen LogP contribution in [0, 0.1) is 17.2 Å². The number of likely N-dealkylation sites (tertiary alicyclic amines) is 1. The molecular formula is C13H25N3. The van der Waals surface area contributed by atoms with Gasteiger partial charge in [0, 0.05) is 12.6 Å². The zero-order chi connectivity index (χ0) is 12.0. The van der Waals surface area contributed by atoms with Gasteiger partial charge in [-0.05, 0) is 45.2 Å². The van der Waals surface area contributed by atoms with Crippen LogP contribution >= 0.6 is 0 Å². The van der Waals surface area contributed by atoms with Crippen LogP contribution in [0.2, 0.25) is 0 Å². The maximum absolute atomic E-state index is 9.08. The lowest BCUT2D eigenvalue weighted by Crippen LogP contribution is -2.47. The number of nitrogens with zero attached hydrogens (tertiary/aromatic N) is 2. The second-order valence-corrected chi connectivity index (χ2v) is 5.11. The van der Waals surface area contributed by atoms with E-state index in [1.54, 1.807) is 0 Å². The SMILES string of the molecule is CCCNC(C#N)CN1CCC(C)CC1C. The van der Waals surface area contributed by atoms with Gasteiger partial charge in [0.15, 0.2) is 0 Å². The van der Waals surface area contributed by atoms with Crippen molar-refractivity contribution in [1.82, 2.24) is 10.2 Å². The number of nitrogens with one attached hydrogen (secondary N) is 1. The minimum Gasteiger partial charge on any atom is -0.301 e. The topological polar surface area (TPSA) is 39.1 Å². The molecule has 1 fully saturated rings. The van der Waals surface area contributed by atoms with Crippen molar-refractivity contribution in [3.8, 4) is 6.07 Å². The van der Waals surface area contributed by atoms with E-state index in [-0.39, 0.29) is 6.04 Å². The van der Waals surface area contributed by atoms with E-state index in [9.17, 15) is 0 Å². The molecule has 3 atom stereocenters. The molecule has 0 aromatic heterocycles. The Hall–Kier alpha value is -0.590. The second kappa shape index (κ2) is 6.88. The first kappa shape index (κ1) is 13.5. The quantitative estimate of drug-likeness (QED) is 0.775. The lowest BCUT2D eigenvalue weighted by atomic mass is 9.93. The normalized spacial score (nSPS) is 28.6. The molecule has 16 heavy (non-hydrogen) atoms. The Morgan fingerprint density at radius 2 is 2.25 bits per heavy atom. The Morgan fingerprint density at radius 3 is 2.81 bits per heavy atom. The minimum absolute atomic E-state index is 0.00388. The summed E-state index contributed by atoms with van der Waals surface area (Å²) >= 11 is 0. The van der Waals surface area contributed by atoms with Crippen molar-refractivity contribution in [3.63, 3.8) is 0 Å². The van der Waals surface area contributed by atoms with E-state index in [0.717, 1.165) is 32.0 Å². The third-order valence-corrected chi connectivity index (χ3v) is 3.49. The van der Waals surface area contributed by atoms with Crippen molar-refractivity contribution >= 4 is 0 Å². The highest BCUT2D eigenvalue weighted by Gasteiger charge is 2.24. The van der Waals surface area contributed by atoms with E-state index in [1.807, 2.05) is 0 Å². The van der Waals surface area contributed by atoms with Gasteiger partial charge in [-0.1, -0.05) is 13.8 Å². The molecule has 1 N–H and O–H groups in total. The molecule has 1 aliphatic rings. The van der Waals surface area contributed by atoms with Crippen molar-refractivity contribution in [2.75, 3.05) is 19.6 Å². The minimum atomic E-state index is -0.00388. The Kier molecular flexibility index (Phi) is 5.79. The summed E-state index contributed by atoms with van der Waals surface area (Å²) < 4.78 is 0. The van der Waals surface area contributed by atoms with E-state index in [0.29, 0.717) is 6.04 Å². The summed E-state index contributed by atoms with van der Waals surface area (Å²) in [4.78, 5) is 2.45. The lowest BCUT2D eigenvalue weighted by molar-refractivity contribution is 0.123. The number of rotatable bonds is 5. The van der Waals surface area contributed by atoms with Gasteiger partial charge in [-0.2, -0.15) is 5.26 Å². The highest BCUT2D eigenvalue weighted by molar-refractivity contribution is 4.93. The summed E-state index contributed by atoms with van der Waals surface area (Å²) in [5.41, 5.74) is 0. The average Bonchev–Trinajstić information content (AvgIpc) is 2.27. The first-order valence-corrected chi connectivity index (χ1v) is 6.54. The van der Waals surface area contributed by atoms with Crippen LogP contribution in [0.25, 0.3) is 0 Å². The summed E-state index contributed by atoms with van der Waals surface area (Å²) in [7, 11) is 0. The van der Waals surface area contributed by atoms with Crippen LogP contribution in [0.1, 0.15) is 40.0 Å². The fourth-order valence-electron chi connectivity index (χ4n) is 2.43. The molecule has 0 bridgehead atoms. The molecule has 3 unspecified atom stereocenters. The van der Waals surface area contributed by atoms with Gasteiger partial charge < -0.3 is 5.32 Å². The predicted molar refractivity (Wildman–Crippen MR) is 67.1 cm³/mol. The molecule has 0 saturated carbocycles. The van der Waals surface area contributed by atoms with Gasteiger partial charge in [0.25, 0.3) is 0 Å². The first-order valence-electron chi connectivity index (χ1n) is 6.54. The lowest BCUT2D eigenvalue weighted by Gasteiger charge is -2.37. The molecule has 1 aliphatic heterocycles. The van der Waals surface area contributed by atoms with Crippen molar-refractivity contribution in [3.05, 3.63) is 0 Å². The number of piperidine rings is 1. The molecule has 1 saturated heterocycles. The molecule has 0 amide bonds. The van der Waals surface area contributed by atoms with Crippen LogP contribution < -0.4 is 5.32 Å². The van der Waals surface area contributed by atoms with Gasteiger partial charge in [0.1, 0.15) is 6.04 Å². The molecule has 1 rings (SSSR count). The predicted octanol–water partition coefficient (Wildman–Crippen LogP) is 2.00. The molecule has 0 aromatic carbocycles. The highest BCUT2D eigenvalue weighted by Crippen LogP contribution is 2.21. The molecular weight excluding hydrogens is 198 g/mol. The molecule has 0 spiro atoms. The third kappa shape index (κ3) is 4.11. The summed E-state index contributed by atoms with van der Waals surface area (Å²) in [6.07, 6.45) is 3.63. The molecule has 3 heteroatoms. The Bertz CT molecular complexity index is 234. The van der Waals surface area contributed by atoms with Gasteiger partial charge in [0.05, 0.1) is 6.07 Å². The van der Waals surface area contributed by atoms with Crippen molar-refractivity contribution in [2.45, 2.75) is 52.1 Å². The fourth-order valence-corrected chi connectivity index (χ4v) is 2.43. The molecule has 0 radical (unpaired) electrons. The summed E-state index contributed by atoms with van der Waals surface area (Å²) in [6, 6.07) is 2.99. The first-order chi connectivity index (χ1) is 7.67. The molecule has 1 heterocycles. The van der Waals surface area contributed by atoms with Crippen LogP contribution in [-0.4, -0.2) is 36.6 Å². The van der Waals surface area contributed by atoms with Gasteiger partial charge >= 0.3 is 0 Å². The summed E-state index contributed by atoms with van der Waals surface area (Å²) in [6.45, 7) is 9.71. The van der Waals surface area contributed by atoms with E-state index in [2.05, 4.69) is 37.1 Å². The Balaban J connectivity index is 2.37. The number of nitriles is 1. The maximum atomic E-state index is 9.08. The smallest absolute Gasteiger partial charge is 0.108 e. The van der Waals surface area contributed by atoms with Crippen molar-refractivity contribution in [1.29, 1.82) is 5.26 Å². The number of hydrogen-bond donors (Lipinski definition) is 1. The van der Waals surface area contributed by atoms with E-state index >= 15 is 0 Å².